The van der Waals surface area contributed by atoms with Crippen molar-refractivity contribution in [2.75, 3.05) is 26.2 Å². The third-order valence-electron chi connectivity index (χ3n) is 3.98. The molecular weight excluding hydrogens is 250 g/mol. The molecule has 1 aromatic rings. The molecule has 1 aliphatic heterocycles. The molecule has 1 heterocycles. The maximum absolute atomic E-state index is 12.2. The van der Waals surface area contributed by atoms with Gasteiger partial charge in [0.2, 0.25) is 5.91 Å². The molecule has 0 spiro atoms. The van der Waals surface area contributed by atoms with Crippen molar-refractivity contribution in [3.05, 3.63) is 35.4 Å². The van der Waals surface area contributed by atoms with Crippen molar-refractivity contribution in [3.63, 3.8) is 0 Å². The van der Waals surface area contributed by atoms with Gasteiger partial charge in [-0.3, -0.25) is 9.69 Å². The minimum absolute atomic E-state index is 0.0491. The second-order valence-corrected chi connectivity index (χ2v) is 5.35. The van der Waals surface area contributed by atoms with Crippen LogP contribution in [-0.2, 0) is 17.8 Å². The van der Waals surface area contributed by atoms with Gasteiger partial charge in [-0.25, -0.2) is 0 Å². The van der Waals surface area contributed by atoms with E-state index in [1.54, 1.807) is 0 Å². The molecule has 0 aromatic heterocycles. The smallest absolute Gasteiger partial charge is 0.237 e. The fourth-order valence-corrected chi connectivity index (χ4v) is 2.46. The summed E-state index contributed by atoms with van der Waals surface area (Å²) in [6.07, 6.45) is 1.05. The number of aryl methyl sites for hydroxylation is 1. The van der Waals surface area contributed by atoms with Gasteiger partial charge in [0.1, 0.15) is 0 Å². The van der Waals surface area contributed by atoms with E-state index in [2.05, 4.69) is 46.7 Å². The Morgan fingerprint density at radius 1 is 1.25 bits per heavy atom. The van der Waals surface area contributed by atoms with Gasteiger partial charge in [0.25, 0.3) is 0 Å². The van der Waals surface area contributed by atoms with Crippen molar-refractivity contribution < 1.29 is 4.79 Å². The summed E-state index contributed by atoms with van der Waals surface area (Å²) >= 11 is 0. The molecule has 0 radical (unpaired) electrons. The highest BCUT2D eigenvalue weighted by Crippen LogP contribution is 2.06. The van der Waals surface area contributed by atoms with Gasteiger partial charge >= 0.3 is 0 Å². The molecule has 20 heavy (non-hydrogen) atoms. The summed E-state index contributed by atoms with van der Waals surface area (Å²) in [4.78, 5) is 14.4. The summed E-state index contributed by atoms with van der Waals surface area (Å²) in [6.45, 7) is 8.57. The van der Waals surface area contributed by atoms with Crippen LogP contribution in [0.15, 0.2) is 24.3 Å². The van der Waals surface area contributed by atoms with Crippen LogP contribution in [0.2, 0.25) is 0 Å². The van der Waals surface area contributed by atoms with E-state index >= 15 is 0 Å². The average molecular weight is 275 g/mol. The monoisotopic (exact) mass is 275 g/mol. The fourth-order valence-electron chi connectivity index (χ4n) is 2.46. The zero-order chi connectivity index (χ0) is 14.4. The molecule has 1 aliphatic rings. The standard InChI is InChI=1S/C16H25N3O/c1-3-14-4-6-15(7-5-14)12-18-16(20)13(2)19-10-8-17-9-11-19/h4-7,13,17H,3,8-12H2,1-2H3,(H,18,20). The van der Waals surface area contributed by atoms with Gasteiger partial charge in [-0.2, -0.15) is 0 Å². The zero-order valence-electron chi connectivity index (χ0n) is 12.5. The molecule has 4 nitrogen and oxygen atoms in total. The number of piperazine rings is 1. The van der Waals surface area contributed by atoms with Crippen LogP contribution in [0.1, 0.15) is 25.0 Å². The third kappa shape index (κ3) is 4.05. The summed E-state index contributed by atoms with van der Waals surface area (Å²) in [5, 5.41) is 6.34. The largest absolute Gasteiger partial charge is 0.351 e. The number of rotatable bonds is 5. The minimum Gasteiger partial charge on any atom is -0.351 e. The summed E-state index contributed by atoms with van der Waals surface area (Å²) in [7, 11) is 0. The van der Waals surface area contributed by atoms with Crippen molar-refractivity contribution in [2.45, 2.75) is 32.9 Å². The highest BCUT2D eigenvalue weighted by molar-refractivity contribution is 5.81. The van der Waals surface area contributed by atoms with E-state index in [0.717, 1.165) is 38.2 Å². The minimum atomic E-state index is -0.0491. The van der Waals surface area contributed by atoms with Gasteiger partial charge in [-0.15, -0.1) is 0 Å². The number of nitrogens with one attached hydrogen (secondary N) is 2. The van der Waals surface area contributed by atoms with Crippen molar-refractivity contribution in [1.82, 2.24) is 15.5 Å². The SMILES string of the molecule is CCc1ccc(CNC(=O)C(C)N2CCNCC2)cc1. The van der Waals surface area contributed by atoms with E-state index in [1.165, 1.54) is 5.56 Å². The second kappa shape index (κ2) is 7.41. The molecular formula is C16H25N3O. The first-order valence-corrected chi connectivity index (χ1v) is 7.51. The molecule has 1 atom stereocenters. The number of hydrogen-bond acceptors (Lipinski definition) is 3. The van der Waals surface area contributed by atoms with Crippen LogP contribution in [0, 0.1) is 0 Å². The molecule has 4 heteroatoms. The number of carbonyl (C=O) groups is 1. The number of amides is 1. The Hall–Kier alpha value is -1.39. The van der Waals surface area contributed by atoms with Gasteiger partial charge in [-0.05, 0) is 24.5 Å². The topological polar surface area (TPSA) is 44.4 Å². The lowest BCUT2D eigenvalue weighted by Crippen LogP contribution is -2.52. The highest BCUT2D eigenvalue weighted by Gasteiger charge is 2.22. The predicted octanol–water partition coefficient (Wildman–Crippen LogP) is 1.16. The number of hydrogen-bond donors (Lipinski definition) is 2. The van der Waals surface area contributed by atoms with Gasteiger partial charge in [-0.1, -0.05) is 31.2 Å². The van der Waals surface area contributed by atoms with Gasteiger partial charge in [0.15, 0.2) is 0 Å². The van der Waals surface area contributed by atoms with Crippen LogP contribution >= 0.6 is 0 Å². The molecule has 0 saturated carbocycles. The Kier molecular flexibility index (Phi) is 5.56. The Labute approximate surface area is 121 Å². The first-order chi connectivity index (χ1) is 9.70. The Morgan fingerprint density at radius 2 is 1.85 bits per heavy atom. The molecule has 1 aromatic carbocycles. The average Bonchev–Trinajstić information content (AvgIpc) is 2.53. The first kappa shape index (κ1) is 15.0. The van der Waals surface area contributed by atoms with Crippen LogP contribution in [-0.4, -0.2) is 43.0 Å². The molecule has 1 fully saturated rings. The first-order valence-electron chi connectivity index (χ1n) is 7.51. The van der Waals surface area contributed by atoms with Crippen LogP contribution in [0.25, 0.3) is 0 Å². The molecule has 110 valence electrons. The van der Waals surface area contributed by atoms with E-state index in [0.29, 0.717) is 6.54 Å². The molecule has 0 bridgehead atoms. The summed E-state index contributed by atoms with van der Waals surface area (Å²) in [6, 6.07) is 8.39. The zero-order valence-corrected chi connectivity index (χ0v) is 12.5. The molecule has 1 saturated heterocycles. The highest BCUT2D eigenvalue weighted by atomic mass is 16.2. The van der Waals surface area contributed by atoms with E-state index in [4.69, 9.17) is 0 Å². The molecule has 0 aliphatic carbocycles. The van der Waals surface area contributed by atoms with Crippen LogP contribution in [0.4, 0.5) is 0 Å². The van der Waals surface area contributed by atoms with Crippen LogP contribution in [0.3, 0.4) is 0 Å². The quantitative estimate of drug-likeness (QED) is 0.847. The van der Waals surface area contributed by atoms with Gasteiger partial charge < -0.3 is 10.6 Å². The second-order valence-electron chi connectivity index (χ2n) is 5.35. The Balaban J connectivity index is 1.81. The number of nitrogens with zero attached hydrogens (tertiary/aromatic N) is 1. The number of benzene rings is 1. The Bertz CT molecular complexity index is 424. The molecule has 1 unspecified atom stereocenters. The summed E-state index contributed by atoms with van der Waals surface area (Å²) in [5.41, 5.74) is 2.48. The van der Waals surface area contributed by atoms with Crippen molar-refractivity contribution in [2.24, 2.45) is 0 Å². The maximum atomic E-state index is 12.2. The van der Waals surface area contributed by atoms with Crippen molar-refractivity contribution >= 4 is 5.91 Å². The van der Waals surface area contributed by atoms with E-state index in [9.17, 15) is 4.79 Å². The van der Waals surface area contributed by atoms with Gasteiger partial charge in [0.05, 0.1) is 6.04 Å². The van der Waals surface area contributed by atoms with Crippen LogP contribution < -0.4 is 10.6 Å². The lowest BCUT2D eigenvalue weighted by Gasteiger charge is -2.31. The molecule has 2 N–H and O–H groups in total. The lowest BCUT2D eigenvalue weighted by molar-refractivity contribution is -0.126. The summed E-state index contributed by atoms with van der Waals surface area (Å²) < 4.78 is 0. The van der Waals surface area contributed by atoms with E-state index < -0.39 is 0 Å². The normalized spacial score (nSPS) is 17.7. The summed E-state index contributed by atoms with van der Waals surface area (Å²) in [5.74, 6) is 0.117. The van der Waals surface area contributed by atoms with Crippen molar-refractivity contribution in [3.8, 4) is 0 Å². The third-order valence-corrected chi connectivity index (χ3v) is 3.98. The van der Waals surface area contributed by atoms with E-state index in [1.807, 2.05) is 6.92 Å². The van der Waals surface area contributed by atoms with Crippen LogP contribution in [0.5, 0.6) is 0 Å². The molecule has 1 amide bonds. The molecule has 2 rings (SSSR count). The lowest BCUT2D eigenvalue weighted by atomic mass is 10.1. The Morgan fingerprint density at radius 3 is 2.45 bits per heavy atom. The predicted molar refractivity (Wildman–Crippen MR) is 81.6 cm³/mol. The van der Waals surface area contributed by atoms with E-state index in [-0.39, 0.29) is 11.9 Å². The van der Waals surface area contributed by atoms with Gasteiger partial charge in [0, 0.05) is 32.7 Å². The maximum Gasteiger partial charge on any atom is 0.237 e. The number of carbonyl (C=O) groups excluding carboxylic acids is 1. The fraction of sp³-hybridized carbons (Fsp3) is 0.562. The van der Waals surface area contributed by atoms with Crippen molar-refractivity contribution in [1.29, 1.82) is 0 Å².